The Hall–Kier alpha value is -2.82. The summed E-state index contributed by atoms with van der Waals surface area (Å²) in [6, 6.07) is 19.8. The van der Waals surface area contributed by atoms with Gasteiger partial charge in [0.2, 0.25) is 5.91 Å². The Morgan fingerprint density at radius 2 is 1.50 bits per heavy atom. The number of nitrogens with one attached hydrogen (secondary N) is 1. The Labute approximate surface area is 153 Å². The van der Waals surface area contributed by atoms with Crippen LogP contribution in [0.5, 0.6) is 0 Å². The molecule has 0 aromatic heterocycles. The summed E-state index contributed by atoms with van der Waals surface area (Å²) >= 11 is 0. The molecule has 2 aliphatic rings. The van der Waals surface area contributed by atoms with Crippen molar-refractivity contribution in [2.24, 2.45) is 0 Å². The maximum absolute atomic E-state index is 13.4. The van der Waals surface area contributed by atoms with Crippen LogP contribution in [-0.2, 0) is 9.53 Å². The number of piperidine rings is 1. The van der Waals surface area contributed by atoms with Crippen molar-refractivity contribution < 1.29 is 14.3 Å². The molecule has 1 spiro atoms. The third-order valence-corrected chi connectivity index (χ3v) is 5.36. The topological polar surface area (TPSA) is 58.6 Å². The largest absolute Gasteiger partial charge is 0.441 e. The summed E-state index contributed by atoms with van der Waals surface area (Å²) in [6.45, 7) is 1.74. The van der Waals surface area contributed by atoms with E-state index < -0.39 is 5.60 Å². The number of likely N-dealkylation sites (tertiary alicyclic amines) is 1. The van der Waals surface area contributed by atoms with E-state index in [1.165, 1.54) is 0 Å². The van der Waals surface area contributed by atoms with E-state index in [1.807, 2.05) is 65.6 Å². The molecule has 26 heavy (non-hydrogen) atoms. The van der Waals surface area contributed by atoms with Gasteiger partial charge < -0.3 is 15.0 Å². The average molecular weight is 350 g/mol. The van der Waals surface area contributed by atoms with Crippen LogP contribution in [0.15, 0.2) is 60.7 Å². The number of amides is 2. The van der Waals surface area contributed by atoms with Gasteiger partial charge in [-0.05, 0) is 11.1 Å². The fourth-order valence-electron chi connectivity index (χ4n) is 3.87. The SMILES string of the molecule is O=C1NCC2(CCN(C(=O)C(c3ccccc3)c3ccccc3)CC2)O1. The van der Waals surface area contributed by atoms with Crippen LogP contribution in [0.4, 0.5) is 4.79 Å². The summed E-state index contributed by atoms with van der Waals surface area (Å²) in [7, 11) is 0. The molecule has 0 radical (unpaired) electrons. The molecular weight excluding hydrogens is 328 g/mol. The Balaban J connectivity index is 1.55. The number of carbonyl (C=O) groups is 2. The highest BCUT2D eigenvalue weighted by molar-refractivity contribution is 5.87. The Morgan fingerprint density at radius 3 is 1.96 bits per heavy atom. The lowest BCUT2D eigenvalue weighted by molar-refractivity contribution is -0.135. The molecule has 1 N–H and O–H groups in total. The molecule has 0 unspecified atom stereocenters. The highest BCUT2D eigenvalue weighted by Crippen LogP contribution is 2.32. The van der Waals surface area contributed by atoms with Crippen molar-refractivity contribution in [2.45, 2.75) is 24.4 Å². The van der Waals surface area contributed by atoms with Crippen LogP contribution < -0.4 is 5.32 Å². The third kappa shape index (κ3) is 3.17. The molecule has 4 rings (SSSR count). The number of hydrogen-bond acceptors (Lipinski definition) is 3. The van der Waals surface area contributed by atoms with Crippen molar-refractivity contribution in [3.63, 3.8) is 0 Å². The minimum absolute atomic E-state index is 0.106. The maximum atomic E-state index is 13.4. The van der Waals surface area contributed by atoms with E-state index in [0.717, 1.165) is 11.1 Å². The summed E-state index contributed by atoms with van der Waals surface area (Å²) in [4.78, 5) is 26.7. The smallest absolute Gasteiger partial charge is 0.407 e. The molecule has 2 aromatic rings. The maximum Gasteiger partial charge on any atom is 0.407 e. The van der Waals surface area contributed by atoms with Gasteiger partial charge >= 0.3 is 6.09 Å². The van der Waals surface area contributed by atoms with Crippen LogP contribution >= 0.6 is 0 Å². The third-order valence-electron chi connectivity index (χ3n) is 5.36. The van der Waals surface area contributed by atoms with E-state index in [4.69, 9.17) is 4.74 Å². The first kappa shape index (κ1) is 16.6. The van der Waals surface area contributed by atoms with Crippen LogP contribution in [0.2, 0.25) is 0 Å². The van der Waals surface area contributed by atoms with E-state index in [9.17, 15) is 9.59 Å². The predicted molar refractivity (Wildman–Crippen MR) is 97.8 cm³/mol. The summed E-state index contributed by atoms with van der Waals surface area (Å²) in [6.07, 6.45) is 0.998. The first-order valence-electron chi connectivity index (χ1n) is 9.02. The molecule has 2 fully saturated rings. The molecule has 0 bridgehead atoms. The molecule has 0 atom stereocenters. The second-order valence-electron chi connectivity index (χ2n) is 7.01. The number of ether oxygens (including phenoxy) is 1. The van der Waals surface area contributed by atoms with Gasteiger partial charge in [0, 0.05) is 25.9 Å². The van der Waals surface area contributed by atoms with Crippen molar-refractivity contribution in [1.82, 2.24) is 10.2 Å². The second kappa shape index (κ2) is 6.83. The van der Waals surface area contributed by atoms with Gasteiger partial charge in [-0.15, -0.1) is 0 Å². The zero-order chi connectivity index (χ0) is 18.0. The molecule has 2 saturated heterocycles. The summed E-state index contributed by atoms with van der Waals surface area (Å²) in [5.41, 5.74) is 1.55. The molecule has 2 aromatic carbocycles. The lowest BCUT2D eigenvalue weighted by Crippen LogP contribution is -2.49. The first-order valence-corrected chi connectivity index (χ1v) is 9.02. The van der Waals surface area contributed by atoms with Crippen molar-refractivity contribution in [3.05, 3.63) is 71.8 Å². The number of alkyl carbamates (subject to hydrolysis) is 1. The average Bonchev–Trinajstić information content (AvgIpc) is 3.04. The second-order valence-corrected chi connectivity index (χ2v) is 7.01. The Kier molecular flexibility index (Phi) is 4.37. The fraction of sp³-hybridized carbons (Fsp3) is 0.333. The van der Waals surface area contributed by atoms with E-state index in [-0.39, 0.29) is 17.9 Å². The van der Waals surface area contributed by atoms with Gasteiger partial charge in [-0.3, -0.25) is 4.79 Å². The van der Waals surface area contributed by atoms with E-state index in [1.54, 1.807) is 0 Å². The monoisotopic (exact) mass is 350 g/mol. The van der Waals surface area contributed by atoms with Crippen LogP contribution in [-0.4, -0.2) is 42.1 Å². The van der Waals surface area contributed by atoms with Crippen LogP contribution in [0.1, 0.15) is 29.9 Å². The van der Waals surface area contributed by atoms with Gasteiger partial charge in [0.1, 0.15) is 5.60 Å². The minimum atomic E-state index is -0.442. The van der Waals surface area contributed by atoms with Gasteiger partial charge in [0.05, 0.1) is 12.5 Å². The number of carbonyl (C=O) groups excluding carboxylic acids is 2. The minimum Gasteiger partial charge on any atom is -0.441 e. The lowest BCUT2D eigenvalue weighted by Gasteiger charge is -2.38. The van der Waals surface area contributed by atoms with Gasteiger partial charge in [0.25, 0.3) is 0 Å². The van der Waals surface area contributed by atoms with Crippen molar-refractivity contribution in [1.29, 1.82) is 0 Å². The van der Waals surface area contributed by atoms with Crippen LogP contribution in [0, 0.1) is 0 Å². The molecule has 134 valence electrons. The van der Waals surface area contributed by atoms with Crippen LogP contribution in [0.25, 0.3) is 0 Å². The lowest BCUT2D eigenvalue weighted by atomic mass is 9.87. The molecule has 2 aliphatic heterocycles. The summed E-state index contributed by atoms with van der Waals surface area (Å²) < 4.78 is 5.46. The highest BCUT2D eigenvalue weighted by atomic mass is 16.6. The molecule has 0 aliphatic carbocycles. The quantitative estimate of drug-likeness (QED) is 0.926. The van der Waals surface area contributed by atoms with E-state index in [2.05, 4.69) is 5.32 Å². The van der Waals surface area contributed by atoms with Crippen molar-refractivity contribution in [2.75, 3.05) is 19.6 Å². The van der Waals surface area contributed by atoms with Crippen molar-refractivity contribution in [3.8, 4) is 0 Å². The van der Waals surface area contributed by atoms with Gasteiger partial charge in [-0.1, -0.05) is 60.7 Å². The van der Waals surface area contributed by atoms with Crippen molar-refractivity contribution >= 4 is 12.0 Å². The number of hydrogen-bond donors (Lipinski definition) is 1. The van der Waals surface area contributed by atoms with Crippen LogP contribution in [0.3, 0.4) is 0 Å². The molecule has 2 heterocycles. The van der Waals surface area contributed by atoms with E-state index >= 15 is 0 Å². The summed E-state index contributed by atoms with van der Waals surface area (Å²) in [5, 5.41) is 2.73. The number of nitrogens with zero attached hydrogens (tertiary/aromatic N) is 1. The van der Waals surface area contributed by atoms with Gasteiger partial charge in [-0.25, -0.2) is 4.79 Å². The standard InChI is InChI=1S/C21H22N2O3/c24-19(23-13-11-21(12-14-23)15-22-20(25)26-21)18(16-7-3-1-4-8-16)17-9-5-2-6-10-17/h1-10,18H,11-15H2,(H,22,25). The highest BCUT2D eigenvalue weighted by Gasteiger charge is 2.44. The molecule has 5 heteroatoms. The molecule has 0 saturated carbocycles. The van der Waals surface area contributed by atoms with E-state index in [0.29, 0.717) is 32.5 Å². The zero-order valence-corrected chi connectivity index (χ0v) is 14.6. The molecule has 5 nitrogen and oxygen atoms in total. The molecular formula is C21H22N2O3. The number of rotatable bonds is 3. The predicted octanol–water partition coefficient (Wildman–Crippen LogP) is 2.92. The first-order chi connectivity index (χ1) is 12.7. The Morgan fingerprint density at radius 1 is 0.962 bits per heavy atom. The fourth-order valence-corrected chi connectivity index (χ4v) is 3.87. The summed E-state index contributed by atoms with van der Waals surface area (Å²) in [5.74, 6) is -0.203. The normalized spacial score (nSPS) is 18.7. The molecule has 2 amide bonds. The van der Waals surface area contributed by atoms with Gasteiger partial charge in [-0.2, -0.15) is 0 Å². The Bertz CT molecular complexity index is 744. The zero-order valence-electron chi connectivity index (χ0n) is 14.6. The van der Waals surface area contributed by atoms with Gasteiger partial charge in [0.15, 0.2) is 0 Å². The number of benzene rings is 2.